The van der Waals surface area contributed by atoms with Gasteiger partial charge in [0.05, 0.1) is 6.54 Å². The third kappa shape index (κ3) is 4.17. The number of fused-ring (bicyclic) bond motifs is 2. The van der Waals surface area contributed by atoms with E-state index in [-0.39, 0.29) is 0 Å². The fourth-order valence-corrected chi connectivity index (χ4v) is 3.74. The van der Waals surface area contributed by atoms with Gasteiger partial charge < -0.3 is 14.0 Å². The molecule has 2 aliphatic heterocycles. The van der Waals surface area contributed by atoms with E-state index in [1.807, 2.05) is 24.3 Å². The standard InChI is InChI=1S/C21H34BN2O3/c1-6-7-8-9-10-13-16-23-19-24-18-15-12-11-14-17(18)22(25-19)26-20(2,3)21(4,5)27-22/h11-12,14-15H,6-10,13,16H2,1-5H3,(H,23,24)/q-1/p+1. The Morgan fingerprint density at radius 2 is 1.56 bits per heavy atom. The Morgan fingerprint density at radius 3 is 2.26 bits per heavy atom. The molecular formula is C21H35BN2O3. The lowest BCUT2D eigenvalue weighted by Crippen LogP contribution is -2.79. The lowest BCUT2D eigenvalue weighted by molar-refractivity contribution is -0.466. The quantitative estimate of drug-likeness (QED) is 0.569. The summed E-state index contributed by atoms with van der Waals surface area (Å²) in [5.41, 5.74) is 0.993. The van der Waals surface area contributed by atoms with Crippen LogP contribution in [0.4, 0.5) is 5.69 Å². The summed E-state index contributed by atoms with van der Waals surface area (Å²) in [4.78, 5) is 3.40. The lowest BCUT2D eigenvalue weighted by Gasteiger charge is -2.40. The van der Waals surface area contributed by atoms with Crippen LogP contribution in [0.25, 0.3) is 0 Å². The monoisotopic (exact) mass is 374 g/mol. The number of hydrogen-bond acceptors (Lipinski definition) is 3. The number of nitrogens with one attached hydrogen (secondary N) is 2. The second-order valence-electron chi connectivity index (χ2n) is 8.75. The molecule has 3 rings (SSSR count). The van der Waals surface area contributed by atoms with E-state index in [1.165, 1.54) is 32.1 Å². The summed E-state index contributed by atoms with van der Waals surface area (Å²) < 4.78 is 19.2. The fourth-order valence-electron chi connectivity index (χ4n) is 3.74. The van der Waals surface area contributed by atoms with Crippen molar-refractivity contribution in [3.63, 3.8) is 0 Å². The van der Waals surface area contributed by atoms with Crippen molar-refractivity contribution in [1.82, 2.24) is 0 Å². The van der Waals surface area contributed by atoms with Gasteiger partial charge in [0.15, 0.2) is 0 Å². The summed E-state index contributed by atoms with van der Waals surface area (Å²) in [7, 11) is 0. The molecule has 27 heavy (non-hydrogen) atoms. The molecule has 0 saturated carbocycles. The third-order valence-electron chi connectivity index (χ3n) is 6.03. The Hall–Kier alpha value is -1.53. The van der Waals surface area contributed by atoms with Crippen LogP contribution in [0, 0.1) is 0 Å². The van der Waals surface area contributed by atoms with Crippen LogP contribution < -0.4 is 15.8 Å². The first-order valence-electron chi connectivity index (χ1n) is 10.5. The summed E-state index contributed by atoms with van der Waals surface area (Å²) in [5.74, 6) is 0. The summed E-state index contributed by atoms with van der Waals surface area (Å²) in [5, 5.41) is 3.35. The zero-order chi connectivity index (χ0) is 19.5. The highest BCUT2D eigenvalue weighted by Crippen LogP contribution is 2.43. The molecule has 6 heteroatoms. The van der Waals surface area contributed by atoms with Crippen LogP contribution in [0.2, 0.25) is 0 Å². The van der Waals surface area contributed by atoms with Gasteiger partial charge >= 0.3 is 12.8 Å². The topological polar surface area (TPSA) is 53.7 Å². The number of amidine groups is 1. The molecule has 150 valence electrons. The highest BCUT2D eigenvalue weighted by molar-refractivity contribution is 6.79. The summed E-state index contributed by atoms with van der Waals surface area (Å²) in [6, 6.07) is 8.68. The van der Waals surface area contributed by atoms with E-state index >= 15 is 0 Å². The van der Waals surface area contributed by atoms with Crippen molar-refractivity contribution in [1.29, 1.82) is 0 Å². The van der Waals surface area contributed by atoms with E-state index in [2.05, 4.69) is 44.9 Å². The van der Waals surface area contributed by atoms with Gasteiger partial charge in [0.25, 0.3) is 0 Å². The molecule has 2 heterocycles. The van der Waals surface area contributed by atoms with Gasteiger partial charge in [-0.25, -0.2) is 10.3 Å². The Morgan fingerprint density at radius 1 is 0.926 bits per heavy atom. The molecule has 0 amide bonds. The number of hydrogen-bond donors (Lipinski definition) is 2. The van der Waals surface area contributed by atoms with Crippen LogP contribution >= 0.6 is 0 Å². The average molecular weight is 374 g/mol. The Bertz CT molecular complexity index is 672. The second-order valence-corrected chi connectivity index (χ2v) is 8.75. The summed E-state index contributed by atoms with van der Waals surface area (Å²) in [6.45, 7) is 9.31. The van der Waals surface area contributed by atoms with E-state index in [4.69, 9.17) is 14.0 Å². The second kappa shape index (κ2) is 7.84. The average Bonchev–Trinajstić information content (AvgIpc) is 2.78. The normalized spacial score (nSPS) is 23.1. The highest BCUT2D eigenvalue weighted by Gasteiger charge is 2.58. The predicted molar refractivity (Wildman–Crippen MR) is 111 cm³/mol. The number of para-hydroxylation sites is 1. The predicted octanol–water partition coefficient (Wildman–Crippen LogP) is 2.68. The molecular weight excluding hydrogens is 339 g/mol. The minimum atomic E-state index is -2.03. The van der Waals surface area contributed by atoms with Gasteiger partial charge in [0, 0.05) is 11.2 Å². The number of unbranched alkanes of at least 4 members (excludes halogenated alkanes) is 5. The van der Waals surface area contributed by atoms with Crippen molar-refractivity contribution in [3.8, 4) is 0 Å². The van der Waals surface area contributed by atoms with Gasteiger partial charge in [0.2, 0.25) is 0 Å². The number of benzene rings is 1. The SMILES string of the molecule is CCCCCCCC[NH+]=C1Nc2ccccc2[B-]2(O1)OC(C)(C)C(C)(C)O2. The maximum absolute atomic E-state index is 6.44. The van der Waals surface area contributed by atoms with Crippen LogP contribution in [0.3, 0.4) is 0 Å². The molecule has 0 aliphatic carbocycles. The minimum absolute atomic E-state index is 0.457. The molecule has 0 unspecified atom stereocenters. The largest absolute Gasteiger partial charge is 0.604 e. The first kappa shape index (κ1) is 20.2. The van der Waals surface area contributed by atoms with Crippen LogP contribution in [-0.4, -0.2) is 30.5 Å². The molecule has 0 radical (unpaired) electrons. The smallest absolute Gasteiger partial charge is 0.475 e. The first-order valence-corrected chi connectivity index (χ1v) is 10.5. The van der Waals surface area contributed by atoms with Crippen LogP contribution in [0.5, 0.6) is 0 Å². The van der Waals surface area contributed by atoms with Crippen LogP contribution in [0.1, 0.15) is 73.1 Å². The van der Waals surface area contributed by atoms with Crippen molar-refractivity contribution < 1.29 is 19.0 Å². The molecule has 2 aliphatic rings. The Kier molecular flexibility index (Phi) is 5.87. The van der Waals surface area contributed by atoms with Crippen molar-refractivity contribution >= 4 is 23.9 Å². The van der Waals surface area contributed by atoms with Crippen molar-refractivity contribution in [2.45, 2.75) is 84.3 Å². The van der Waals surface area contributed by atoms with E-state index in [0.29, 0.717) is 6.02 Å². The molecule has 2 N–H and O–H groups in total. The Labute approximate surface area is 163 Å². The number of rotatable bonds is 7. The van der Waals surface area contributed by atoms with E-state index < -0.39 is 18.0 Å². The summed E-state index contributed by atoms with van der Waals surface area (Å²) in [6.07, 6.45) is 7.60. The molecule has 1 fully saturated rings. The van der Waals surface area contributed by atoms with Crippen LogP contribution in [-0.2, 0) is 14.0 Å². The molecule has 5 nitrogen and oxygen atoms in total. The van der Waals surface area contributed by atoms with E-state index in [1.54, 1.807) is 0 Å². The van der Waals surface area contributed by atoms with Gasteiger partial charge in [-0.05, 0) is 46.6 Å². The fraction of sp³-hybridized carbons (Fsp3) is 0.667. The van der Waals surface area contributed by atoms with Gasteiger partial charge in [0.1, 0.15) is 5.69 Å². The zero-order valence-electron chi connectivity index (χ0n) is 17.6. The van der Waals surface area contributed by atoms with Gasteiger partial charge in [-0.15, -0.1) is 0 Å². The molecule has 0 atom stereocenters. The zero-order valence-corrected chi connectivity index (χ0v) is 17.6. The maximum Gasteiger partial charge on any atom is 0.475 e. The van der Waals surface area contributed by atoms with Gasteiger partial charge in [-0.2, -0.15) is 0 Å². The molecule has 1 aromatic carbocycles. The molecule has 1 spiro atoms. The summed E-state index contributed by atoms with van der Waals surface area (Å²) >= 11 is 0. The van der Waals surface area contributed by atoms with Crippen LogP contribution in [0.15, 0.2) is 24.3 Å². The van der Waals surface area contributed by atoms with Crippen molar-refractivity contribution in [3.05, 3.63) is 24.3 Å². The van der Waals surface area contributed by atoms with Gasteiger partial charge in [-0.3, -0.25) is 0 Å². The Balaban J connectivity index is 1.73. The third-order valence-corrected chi connectivity index (χ3v) is 6.03. The highest BCUT2D eigenvalue weighted by atomic mass is 16.8. The molecule has 1 saturated heterocycles. The van der Waals surface area contributed by atoms with E-state index in [9.17, 15) is 0 Å². The lowest BCUT2D eigenvalue weighted by atomic mass is 9.67. The first-order chi connectivity index (χ1) is 12.8. The van der Waals surface area contributed by atoms with E-state index in [0.717, 1.165) is 24.1 Å². The van der Waals surface area contributed by atoms with Crippen molar-refractivity contribution in [2.75, 3.05) is 11.9 Å². The molecule has 0 aromatic heterocycles. The van der Waals surface area contributed by atoms with Gasteiger partial charge in [-0.1, -0.05) is 56.3 Å². The number of anilines is 1. The molecule has 0 bridgehead atoms. The minimum Gasteiger partial charge on any atom is -0.604 e. The maximum atomic E-state index is 6.44. The van der Waals surface area contributed by atoms with Crippen molar-refractivity contribution in [2.24, 2.45) is 0 Å². The molecule has 1 aromatic rings.